The summed E-state index contributed by atoms with van der Waals surface area (Å²) in [4.78, 5) is 12.1. The van der Waals surface area contributed by atoms with Crippen LogP contribution in [0.25, 0.3) is 0 Å². The fourth-order valence-corrected chi connectivity index (χ4v) is 2.13. The molecule has 0 heterocycles. The number of anilines is 2. The fraction of sp³-hybridized carbons (Fsp3) is 0.133. The number of nitrogens with two attached hydrogens (primary N) is 1. The summed E-state index contributed by atoms with van der Waals surface area (Å²) in [5.74, 6) is -0.238. The Kier molecular flexibility index (Phi) is 4.53. The monoisotopic (exact) mass is 308 g/mol. The first-order chi connectivity index (χ1) is 9.51. The first-order valence-electron chi connectivity index (χ1n) is 6.16. The SMILES string of the molecule is CCc1ccc(C(=O)Nc2ccc(Cl)c(Cl)c2)cc1N. The number of hydrogen-bond acceptors (Lipinski definition) is 2. The van der Waals surface area contributed by atoms with Crippen molar-refractivity contribution in [2.24, 2.45) is 0 Å². The van der Waals surface area contributed by atoms with Crippen molar-refractivity contribution in [2.45, 2.75) is 13.3 Å². The molecule has 3 nitrogen and oxygen atoms in total. The van der Waals surface area contributed by atoms with Gasteiger partial charge < -0.3 is 11.1 Å². The van der Waals surface area contributed by atoms with E-state index in [1.807, 2.05) is 13.0 Å². The molecule has 0 bridgehead atoms. The quantitative estimate of drug-likeness (QED) is 0.826. The Labute approximate surface area is 127 Å². The standard InChI is InChI=1S/C15H14Cl2N2O/c1-2-9-3-4-10(7-14(9)18)15(20)19-11-5-6-12(16)13(17)8-11/h3-8H,2,18H2,1H3,(H,19,20). The maximum absolute atomic E-state index is 12.1. The van der Waals surface area contributed by atoms with Gasteiger partial charge in [-0.2, -0.15) is 0 Å². The predicted molar refractivity (Wildman–Crippen MR) is 84.6 cm³/mol. The van der Waals surface area contributed by atoms with Crippen LogP contribution in [0.4, 0.5) is 11.4 Å². The summed E-state index contributed by atoms with van der Waals surface area (Å²) >= 11 is 11.7. The molecule has 2 aromatic rings. The van der Waals surface area contributed by atoms with Gasteiger partial charge in [0.05, 0.1) is 10.0 Å². The van der Waals surface area contributed by atoms with E-state index in [0.29, 0.717) is 27.0 Å². The van der Waals surface area contributed by atoms with Crippen LogP contribution in [0.2, 0.25) is 10.0 Å². The maximum atomic E-state index is 12.1. The number of hydrogen-bond donors (Lipinski definition) is 2. The molecule has 0 spiro atoms. The lowest BCUT2D eigenvalue weighted by molar-refractivity contribution is 0.102. The molecule has 0 saturated carbocycles. The number of benzene rings is 2. The third-order valence-electron chi connectivity index (χ3n) is 2.97. The largest absolute Gasteiger partial charge is 0.398 e. The van der Waals surface area contributed by atoms with E-state index >= 15 is 0 Å². The number of halogens is 2. The third kappa shape index (κ3) is 3.24. The summed E-state index contributed by atoms with van der Waals surface area (Å²) in [6.45, 7) is 2.02. The van der Waals surface area contributed by atoms with Gasteiger partial charge in [0.2, 0.25) is 0 Å². The molecule has 1 amide bonds. The van der Waals surface area contributed by atoms with Crippen molar-refractivity contribution in [3.8, 4) is 0 Å². The summed E-state index contributed by atoms with van der Waals surface area (Å²) in [6, 6.07) is 10.2. The molecular formula is C15H14Cl2N2O. The molecule has 0 aliphatic rings. The van der Waals surface area contributed by atoms with Gasteiger partial charge in [-0.3, -0.25) is 4.79 Å². The lowest BCUT2D eigenvalue weighted by Crippen LogP contribution is -2.12. The molecule has 0 saturated heterocycles. The van der Waals surface area contributed by atoms with Gasteiger partial charge in [0.25, 0.3) is 5.91 Å². The van der Waals surface area contributed by atoms with Crippen LogP contribution in [0, 0.1) is 0 Å². The number of nitrogen functional groups attached to an aromatic ring is 1. The molecule has 0 aliphatic carbocycles. The molecule has 0 aliphatic heterocycles. The van der Waals surface area contributed by atoms with Crippen LogP contribution in [0.1, 0.15) is 22.8 Å². The zero-order valence-corrected chi connectivity index (χ0v) is 12.4. The van der Waals surface area contributed by atoms with Crippen LogP contribution in [0.3, 0.4) is 0 Å². The summed E-state index contributed by atoms with van der Waals surface area (Å²) < 4.78 is 0. The zero-order valence-electron chi connectivity index (χ0n) is 10.9. The van der Waals surface area contributed by atoms with Crippen molar-refractivity contribution in [1.82, 2.24) is 0 Å². The fourth-order valence-electron chi connectivity index (χ4n) is 1.84. The second kappa shape index (κ2) is 6.16. The molecule has 104 valence electrons. The normalized spacial score (nSPS) is 10.3. The van der Waals surface area contributed by atoms with Crippen LogP contribution < -0.4 is 11.1 Å². The molecule has 0 unspecified atom stereocenters. The number of rotatable bonds is 3. The van der Waals surface area contributed by atoms with Crippen molar-refractivity contribution in [3.63, 3.8) is 0 Å². The van der Waals surface area contributed by atoms with Gasteiger partial charge in [-0.25, -0.2) is 0 Å². The predicted octanol–water partition coefficient (Wildman–Crippen LogP) is 4.39. The van der Waals surface area contributed by atoms with E-state index < -0.39 is 0 Å². The first-order valence-corrected chi connectivity index (χ1v) is 6.91. The highest BCUT2D eigenvalue weighted by atomic mass is 35.5. The van der Waals surface area contributed by atoms with E-state index in [2.05, 4.69) is 5.32 Å². The minimum atomic E-state index is -0.238. The molecule has 0 atom stereocenters. The van der Waals surface area contributed by atoms with E-state index in [4.69, 9.17) is 28.9 Å². The van der Waals surface area contributed by atoms with E-state index in [1.165, 1.54) is 0 Å². The van der Waals surface area contributed by atoms with E-state index in [0.717, 1.165) is 12.0 Å². The Balaban J connectivity index is 2.19. The van der Waals surface area contributed by atoms with Crippen LogP contribution in [0.5, 0.6) is 0 Å². The molecule has 3 N–H and O–H groups in total. The highest BCUT2D eigenvalue weighted by molar-refractivity contribution is 6.42. The maximum Gasteiger partial charge on any atom is 0.255 e. The molecule has 5 heteroatoms. The molecule has 20 heavy (non-hydrogen) atoms. The van der Waals surface area contributed by atoms with Gasteiger partial charge in [-0.05, 0) is 42.3 Å². The number of nitrogens with one attached hydrogen (secondary N) is 1. The lowest BCUT2D eigenvalue weighted by Gasteiger charge is -2.08. The van der Waals surface area contributed by atoms with Gasteiger partial charge in [0.15, 0.2) is 0 Å². The Hall–Kier alpha value is -1.71. The smallest absolute Gasteiger partial charge is 0.255 e. The average Bonchev–Trinajstić information content (AvgIpc) is 2.42. The second-order valence-corrected chi connectivity index (χ2v) is 5.16. The number of amides is 1. The third-order valence-corrected chi connectivity index (χ3v) is 3.71. The Morgan fingerprint density at radius 3 is 2.50 bits per heavy atom. The van der Waals surface area contributed by atoms with Crippen molar-refractivity contribution in [3.05, 3.63) is 57.6 Å². The highest BCUT2D eigenvalue weighted by Crippen LogP contribution is 2.25. The lowest BCUT2D eigenvalue weighted by atomic mass is 10.1. The van der Waals surface area contributed by atoms with Gasteiger partial charge in [0, 0.05) is 16.9 Å². The second-order valence-electron chi connectivity index (χ2n) is 4.35. The Morgan fingerprint density at radius 1 is 1.15 bits per heavy atom. The van der Waals surface area contributed by atoms with Gasteiger partial charge in [0.1, 0.15) is 0 Å². The topological polar surface area (TPSA) is 55.1 Å². The molecule has 2 aromatic carbocycles. The van der Waals surface area contributed by atoms with Crippen molar-refractivity contribution in [2.75, 3.05) is 11.1 Å². The molecular weight excluding hydrogens is 295 g/mol. The van der Waals surface area contributed by atoms with Crippen molar-refractivity contribution >= 4 is 40.5 Å². The van der Waals surface area contributed by atoms with E-state index in [9.17, 15) is 4.79 Å². The van der Waals surface area contributed by atoms with Crippen LogP contribution in [0.15, 0.2) is 36.4 Å². The minimum Gasteiger partial charge on any atom is -0.398 e. The van der Waals surface area contributed by atoms with Crippen LogP contribution in [-0.2, 0) is 6.42 Å². The van der Waals surface area contributed by atoms with Crippen molar-refractivity contribution < 1.29 is 4.79 Å². The molecule has 0 aromatic heterocycles. The minimum absolute atomic E-state index is 0.238. The van der Waals surface area contributed by atoms with Gasteiger partial charge in [-0.15, -0.1) is 0 Å². The summed E-state index contributed by atoms with van der Waals surface area (Å²) in [5.41, 5.74) is 8.62. The number of carbonyl (C=O) groups is 1. The van der Waals surface area contributed by atoms with Gasteiger partial charge >= 0.3 is 0 Å². The van der Waals surface area contributed by atoms with Crippen LogP contribution >= 0.6 is 23.2 Å². The Bertz CT molecular complexity index is 656. The summed E-state index contributed by atoms with van der Waals surface area (Å²) in [5, 5.41) is 3.59. The summed E-state index contributed by atoms with van der Waals surface area (Å²) in [6.07, 6.45) is 0.834. The molecule has 0 radical (unpaired) electrons. The van der Waals surface area contributed by atoms with E-state index in [1.54, 1.807) is 30.3 Å². The number of aryl methyl sites for hydroxylation is 1. The zero-order chi connectivity index (χ0) is 14.7. The number of carbonyl (C=O) groups excluding carboxylic acids is 1. The molecule has 2 rings (SSSR count). The molecule has 0 fully saturated rings. The van der Waals surface area contributed by atoms with Crippen LogP contribution in [-0.4, -0.2) is 5.91 Å². The highest BCUT2D eigenvalue weighted by Gasteiger charge is 2.09. The van der Waals surface area contributed by atoms with Crippen molar-refractivity contribution in [1.29, 1.82) is 0 Å². The Morgan fingerprint density at radius 2 is 1.90 bits per heavy atom. The first kappa shape index (κ1) is 14.7. The average molecular weight is 309 g/mol. The van der Waals surface area contributed by atoms with Gasteiger partial charge in [-0.1, -0.05) is 36.2 Å². The summed E-state index contributed by atoms with van der Waals surface area (Å²) in [7, 11) is 0. The van der Waals surface area contributed by atoms with E-state index in [-0.39, 0.29) is 5.91 Å².